The molecule has 0 aromatic heterocycles. The molecule has 19 heavy (non-hydrogen) atoms. The fraction of sp³-hybridized carbons (Fsp3) is 0.500. The monoisotopic (exact) mass is 265 g/mol. The first-order valence-electron chi connectivity index (χ1n) is 6.46. The lowest BCUT2D eigenvalue weighted by atomic mass is 10.1. The summed E-state index contributed by atoms with van der Waals surface area (Å²) >= 11 is 0. The van der Waals surface area contributed by atoms with E-state index in [9.17, 15) is 4.79 Å². The molecule has 1 aliphatic rings. The predicted octanol–water partition coefficient (Wildman–Crippen LogP) is 0.668. The number of aliphatic hydroxyl groups is 1. The molecule has 0 saturated carbocycles. The van der Waals surface area contributed by atoms with Crippen LogP contribution in [0.1, 0.15) is 15.9 Å². The van der Waals surface area contributed by atoms with Crippen molar-refractivity contribution < 1.29 is 19.4 Å². The normalized spacial score (nSPS) is 13.9. The van der Waals surface area contributed by atoms with Gasteiger partial charge in [0.25, 0.3) is 5.91 Å². The quantitative estimate of drug-likeness (QED) is 0.702. The van der Waals surface area contributed by atoms with Crippen molar-refractivity contribution in [2.75, 3.05) is 39.6 Å². The maximum atomic E-state index is 12.0. The van der Waals surface area contributed by atoms with E-state index in [4.69, 9.17) is 14.6 Å². The van der Waals surface area contributed by atoms with Crippen molar-refractivity contribution in [2.24, 2.45) is 0 Å². The zero-order valence-corrected chi connectivity index (χ0v) is 10.9. The molecule has 5 nitrogen and oxygen atoms in total. The molecular weight excluding hydrogens is 246 g/mol. The lowest BCUT2D eigenvalue weighted by Crippen LogP contribution is -2.28. The fourth-order valence-electron chi connectivity index (χ4n) is 2.06. The van der Waals surface area contributed by atoms with Gasteiger partial charge >= 0.3 is 0 Å². The van der Waals surface area contributed by atoms with Crippen LogP contribution in [0.5, 0.6) is 0 Å². The SMILES string of the molecule is O=C1c2ccccc2CN1CCOCCOCCO. The molecule has 1 amide bonds. The van der Waals surface area contributed by atoms with Crippen molar-refractivity contribution >= 4 is 5.91 Å². The highest BCUT2D eigenvalue weighted by Crippen LogP contribution is 2.21. The minimum Gasteiger partial charge on any atom is -0.394 e. The molecule has 104 valence electrons. The molecule has 0 fully saturated rings. The highest BCUT2D eigenvalue weighted by atomic mass is 16.5. The van der Waals surface area contributed by atoms with Crippen molar-refractivity contribution in [1.82, 2.24) is 4.90 Å². The highest BCUT2D eigenvalue weighted by molar-refractivity contribution is 5.98. The Bertz CT molecular complexity index is 422. The number of benzene rings is 1. The smallest absolute Gasteiger partial charge is 0.254 e. The van der Waals surface area contributed by atoms with Crippen LogP contribution in [-0.2, 0) is 16.0 Å². The summed E-state index contributed by atoms with van der Waals surface area (Å²) in [5.41, 5.74) is 1.88. The number of carbonyl (C=O) groups is 1. The Hall–Kier alpha value is -1.43. The van der Waals surface area contributed by atoms with Gasteiger partial charge in [-0.2, -0.15) is 0 Å². The topological polar surface area (TPSA) is 59.0 Å². The summed E-state index contributed by atoms with van der Waals surface area (Å²) < 4.78 is 10.5. The lowest BCUT2D eigenvalue weighted by Gasteiger charge is -2.15. The zero-order valence-electron chi connectivity index (χ0n) is 10.9. The van der Waals surface area contributed by atoms with Gasteiger partial charge in [0.05, 0.1) is 33.0 Å². The van der Waals surface area contributed by atoms with Gasteiger partial charge in [-0.1, -0.05) is 18.2 Å². The molecule has 0 atom stereocenters. The van der Waals surface area contributed by atoms with Crippen LogP contribution in [0.2, 0.25) is 0 Å². The molecule has 1 heterocycles. The van der Waals surface area contributed by atoms with Gasteiger partial charge in [-0.15, -0.1) is 0 Å². The van der Waals surface area contributed by atoms with Crippen LogP contribution in [0, 0.1) is 0 Å². The number of hydrogen-bond acceptors (Lipinski definition) is 4. The fourth-order valence-corrected chi connectivity index (χ4v) is 2.06. The number of rotatable bonds is 8. The van der Waals surface area contributed by atoms with E-state index in [-0.39, 0.29) is 12.5 Å². The van der Waals surface area contributed by atoms with E-state index < -0.39 is 0 Å². The van der Waals surface area contributed by atoms with Crippen LogP contribution >= 0.6 is 0 Å². The number of amides is 1. The van der Waals surface area contributed by atoms with Crippen LogP contribution in [0.25, 0.3) is 0 Å². The van der Waals surface area contributed by atoms with Gasteiger partial charge in [-0.25, -0.2) is 0 Å². The number of hydrogen-bond donors (Lipinski definition) is 1. The highest BCUT2D eigenvalue weighted by Gasteiger charge is 2.25. The number of aliphatic hydroxyl groups excluding tert-OH is 1. The van der Waals surface area contributed by atoms with Crippen LogP contribution < -0.4 is 0 Å². The third-order valence-electron chi connectivity index (χ3n) is 3.01. The van der Waals surface area contributed by atoms with Gasteiger partial charge < -0.3 is 19.5 Å². The Morgan fingerprint density at radius 1 is 1.11 bits per heavy atom. The molecule has 5 heteroatoms. The number of nitrogens with zero attached hydrogens (tertiary/aromatic N) is 1. The van der Waals surface area contributed by atoms with Crippen molar-refractivity contribution in [3.8, 4) is 0 Å². The molecular formula is C14H19NO4. The van der Waals surface area contributed by atoms with E-state index in [1.165, 1.54) is 0 Å². The number of fused-ring (bicyclic) bond motifs is 1. The predicted molar refractivity (Wildman–Crippen MR) is 69.9 cm³/mol. The third kappa shape index (κ3) is 3.76. The van der Waals surface area contributed by atoms with Gasteiger partial charge in [-0.05, 0) is 11.6 Å². The van der Waals surface area contributed by atoms with Crippen LogP contribution in [0.4, 0.5) is 0 Å². The van der Waals surface area contributed by atoms with E-state index in [1.54, 1.807) is 4.90 Å². The summed E-state index contributed by atoms with van der Waals surface area (Å²) in [6.07, 6.45) is 0. The van der Waals surface area contributed by atoms with Crippen molar-refractivity contribution in [1.29, 1.82) is 0 Å². The van der Waals surface area contributed by atoms with E-state index in [1.807, 2.05) is 24.3 Å². The molecule has 0 unspecified atom stereocenters. The molecule has 0 aliphatic carbocycles. The second-order valence-electron chi connectivity index (χ2n) is 4.33. The summed E-state index contributed by atoms with van der Waals surface area (Å²) in [6.45, 7) is 3.07. The standard InChI is InChI=1S/C14H19NO4/c16-6-8-19-10-9-18-7-5-15-11-12-3-1-2-4-13(12)14(15)17/h1-4,16H,5-11H2. The second-order valence-corrected chi connectivity index (χ2v) is 4.33. The first-order valence-corrected chi connectivity index (χ1v) is 6.46. The molecule has 1 N–H and O–H groups in total. The van der Waals surface area contributed by atoms with Crippen molar-refractivity contribution in [2.45, 2.75) is 6.54 Å². The van der Waals surface area contributed by atoms with Gasteiger partial charge in [0.15, 0.2) is 0 Å². The molecule has 0 saturated heterocycles. The van der Waals surface area contributed by atoms with E-state index in [2.05, 4.69) is 0 Å². The molecule has 0 bridgehead atoms. The third-order valence-corrected chi connectivity index (χ3v) is 3.01. The Balaban J connectivity index is 1.65. The summed E-state index contributed by atoms with van der Waals surface area (Å²) in [4.78, 5) is 13.8. The Morgan fingerprint density at radius 3 is 2.58 bits per heavy atom. The lowest BCUT2D eigenvalue weighted by molar-refractivity contribution is 0.0260. The molecule has 1 aliphatic heterocycles. The number of ether oxygens (including phenoxy) is 2. The van der Waals surface area contributed by atoms with Gasteiger partial charge in [0.2, 0.25) is 0 Å². The van der Waals surface area contributed by atoms with E-state index >= 15 is 0 Å². The maximum Gasteiger partial charge on any atom is 0.254 e. The largest absolute Gasteiger partial charge is 0.394 e. The van der Waals surface area contributed by atoms with Gasteiger partial charge in [0, 0.05) is 18.7 Å². The molecule has 2 rings (SSSR count). The molecule has 0 spiro atoms. The Morgan fingerprint density at radius 2 is 1.84 bits per heavy atom. The Labute approximate surface area is 112 Å². The first-order chi connectivity index (χ1) is 9.33. The van der Waals surface area contributed by atoms with E-state index in [0.29, 0.717) is 39.5 Å². The first kappa shape index (κ1) is 14.0. The van der Waals surface area contributed by atoms with Gasteiger partial charge in [-0.3, -0.25) is 4.79 Å². The minimum absolute atomic E-state index is 0.0283. The van der Waals surface area contributed by atoms with Crippen LogP contribution in [0.15, 0.2) is 24.3 Å². The molecule has 1 aromatic rings. The second kappa shape index (κ2) is 7.23. The van der Waals surface area contributed by atoms with Crippen LogP contribution in [-0.4, -0.2) is 55.5 Å². The summed E-state index contributed by atoms with van der Waals surface area (Å²) in [6, 6.07) is 7.68. The summed E-state index contributed by atoms with van der Waals surface area (Å²) in [7, 11) is 0. The molecule has 1 aromatic carbocycles. The average molecular weight is 265 g/mol. The minimum atomic E-state index is 0.0283. The van der Waals surface area contributed by atoms with Crippen LogP contribution in [0.3, 0.4) is 0 Å². The summed E-state index contributed by atoms with van der Waals surface area (Å²) in [5.74, 6) is 0.0794. The Kier molecular flexibility index (Phi) is 5.32. The molecule has 0 radical (unpaired) electrons. The van der Waals surface area contributed by atoms with Crippen molar-refractivity contribution in [3.05, 3.63) is 35.4 Å². The summed E-state index contributed by atoms with van der Waals surface area (Å²) in [5, 5.41) is 8.52. The van der Waals surface area contributed by atoms with E-state index in [0.717, 1.165) is 11.1 Å². The maximum absolute atomic E-state index is 12.0. The van der Waals surface area contributed by atoms with Crippen molar-refractivity contribution in [3.63, 3.8) is 0 Å². The number of carbonyl (C=O) groups excluding carboxylic acids is 1. The average Bonchev–Trinajstić information content (AvgIpc) is 2.75. The zero-order chi connectivity index (χ0) is 13.5. The van der Waals surface area contributed by atoms with Gasteiger partial charge in [0.1, 0.15) is 0 Å².